The van der Waals surface area contributed by atoms with Crippen LogP contribution >= 0.6 is 0 Å². The maximum atomic E-state index is 12.7. The van der Waals surface area contributed by atoms with Crippen molar-refractivity contribution >= 4 is 17.9 Å². The Balaban J connectivity index is 4.30. The minimum Gasteiger partial charge on any atom is -0.462 e. The van der Waals surface area contributed by atoms with Gasteiger partial charge in [0.05, 0.1) is 0 Å². The van der Waals surface area contributed by atoms with E-state index in [1.165, 1.54) is 103 Å². The second-order valence-electron chi connectivity index (χ2n) is 16.0. The van der Waals surface area contributed by atoms with Crippen LogP contribution in [0, 0.1) is 0 Å². The molecule has 334 valence electrons. The Morgan fingerprint density at radius 1 is 0.362 bits per heavy atom. The highest BCUT2D eigenvalue weighted by atomic mass is 16.6. The first kappa shape index (κ1) is 55.1. The van der Waals surface area contributed by atoms with Crippen molar-refractivity contribution in [3.05, 3.63) is 60.8 Å². The van der Waals surface area contributed by atoms with Gasteiger partial charge in [-0.15, -0.1) is 0 Å². The van der Waals surface area contributed by atoms with Crippen LogP contribution in [-0.2, 0) is 28.6 Å². The molecule has 0 saturated heterocycles. The van der Waals surface area contributed by atoms with Gasteiger partial charge in [-0.1, -0.05) is 197 Å². The van der Waals surface area contributed by atoms with Gasteiger partial charge in [0.1, 0.15) is 13.2 Å². The highest BCUT2D eigenvalue weighted by Gasteiger charge is 2.19. The van der Waals surface area contributed by atoms with Gasteiger partial charge in [-0.3, -0.25) is 14.4 Å². The van der Waals surface area contributed by atoms with Gasteiger partial charge in [0.15, 0.2) is 6.10 Å². The fourth-order valence-corrected chi connectivity index (χ4v) is 6.67. The number of hydrogen-bond donors (Lipinski definition) is 0. The average molecular weight is 811 g/mol. The molecule has 0 aromatic heterocycles. The van der Waals surface area contributed by atoms with Gasteiger partial charge in [0.2, 0.25) is 0 Å². The van der Waals surface area contributed by atoms with E-state index in [-0.39, 0.29) is 31.1 Å². The number of unbranched alkanes of at least 4 members (excludes halogenated alkanes) is 22. The van der Waals surface area contributed by atoms with E-state index in [0.29, 0.717) is 19.3 Å². The number of allylic oxidation sites excluding steroid dienone is 10. The van der Waals surface area contributed by atoms with E-state index < -0.39 is 6.10 Å². The quantitative estimate of drug-likeness (QED) is 0.0264. The summed E-state index contributed by atoms with van der Waals surface area (Å²) in [4.78, 5) is 37.8. The first-order valence-electron chi connectivity index (χ1n) is 24.3. The Labute approximate surface area is 358 Å². The van der Waals surface area contributed by atoms with Crippen LogP contribution in [0.1, 0.15) is 233 Å². The van der Waals surface area contributed by atoms with Gasteiger partial charge in [-0.2, -0.15) is 0 Å². The third-order valence-corrected chi connectivity index (χ3v) is 10.3. The zero-order valence-corrected chi connectivity index (χ0v) is 38.0. The molecule has 0 saturated carbocycles. The molecule has 0 spiro atoms. The van der Waals surface area contributed by atoms with E-state index in [1.54, 1.807) is 0 Å². The van der Waals surface area contributed by atoms with Crippen LogP contribution in [0.3, 0.4) is 0 Å². The second kappa shape index (κ2) is 46.8. The predicted octanol–water partition coefficient (Wildman–Crippen LogP) is 15.7. The summed E-state index contributed by atoms with van der Waals surface area (Å²) < 4.78 is 16.7. The van der Waals surface area contributed by atoms with Crippen molar-refractivity contribution in [2.45, 2.75) is 239 Å². The largest absolute Gasteiger partial charge is 0.462 e. The van der Waals surface area contributed by atoms with Crippen molar-refractivity contribution in [3.8, 4) is 0 Å². The zero-order chi connectivity index (χ0) is 42.3. The maximum absolute atomic E-state index is 12.7. The fourth-order valence-electron chi connectivity index (χ4n) is 6.67. The van der Waals surface area contributed by atoms with Crippen LogP contribution in [-0.4, -0.2) is 37.2 Å². The molecule has 58 heavy (non-hydrogen) atoms. The molecule has 1 atom stereocenters. The van der Waals surface area contributed by atoms with Gasteiger partial charge in [-0.05, 0) is 77.0 Å². The molecule has 0 aromatic carbocycles. The van der Waals surface area contributed by atoms with Crippen molar-refractivity contribution < 1.29 is 28.6 Å². The predicted molar refractivity (Wildman–Crippen MR) is 247 cm³/mol. The first-order chi connectivity index (χ1) is 28.5. The number of hydrogen-bond acceptors (Lipinski definition) is 6. The summed E-state index contributed by atoms with van der Waals surface area (Å²) >= 11 is 0. The molecule has 0 heterocycles. The van der Waals surface area contributed by atoms with Crippen molar-refractivity contribution in [3.63, 3.8) is 0 Å². The number of esters is 3. The average Bonchev–Trinajstić information content (AvgIpc) is 3.22. The SMILES string of the molecule is CC/C=C\C/C=C\C/C=C\CCCCCCCCCCCC(=O)OCC(COC(=O)CCCC/C=C\C/C=C\CC)OC(=O)CCCCCCCCCCCCCC. The highest BCUT2D eigenvalue weighted by molar-refractivity contribution is 5.71. The van der Waals surface area contributed by atoms with Crippen LogP contribution in [0.25, 0.3) is 0 Å². The van der Waals surface area contributed by atoms with Gasteiger partial charge < -0.3 is 14.2 Å². The van der Waals surface area contributed by atoms with Crippen molar-refractivity contribution in [1.82, 2.24) is 0 Å². The summed E-state index contributed by atoms with van der Waals surface area (Å²) in [7, 11) is 0. The van der Waals surface area contributed by atoms with Crippen LogP contribution in [0.4, 0.5) is 0 Å². The van der Waals surface area contributed by atoms with E-state index in [4.69, 9.17) is 14.2 Å². The molecule has 6 nitrogen and oxygen atoms in total. The highest BCUT2D eigenvalue weighted by Crippen LogP contribution is 2.15. The summed E-state index contributed by atoms with van der Waals surface area (Å²) in [5.74, 6) is -0.928. The molecule has 1 unspecified atom stereocenters. The van der Waals surface area contributed by atoms with E-state index in [2.05, 4.69) is 81.5 Å². The maximum Gasteiger partial charge on any atom is 0.306 e. The second-order valence-corrected chi connectivity index (χ2v) is 16.0. The van der Waals surface area contributed by atoms with Crippen LogP contribution < -0.4 is 0 Å². The van der Waals surface area contributed by atoms with E-state index >= 15 is 0 Å². The molecule has 0 aromatic rings. The number of rotatable bonds is 43. The van der Waals surface area contributed by atoms with Crippen LogP contribution in [0.15, 0.2) is 60.8 Å². The molecule has 0 aliphatic rings. The molecular formula is C52H90O6. The molecule has 0 aliphatic carbocycles. The Hall–Kier alpha value is -2.89. The number of carbonyl (C=O) groups is 3. The Morgan fingerprint density at radius 3 is 1.09 bits per heavy atom. The van der Waals surface area contributed by atoms with Gasteiger partial charge in [-0.25, -0.2) is 0 Å². The molecule has 0 fully saturated rings. The first-order valence-corrected chi connectivity index (χ1v) is 24.3. The van der Waals surface area contributed by atoms with E-state index in [1.807, 2.05) is 0 Å². The summed E-state index contributed by atoms with van der Waals surface area (Å²) in [6, 6.07) is 0. The molecule has 0 bridgehead atoms. The van der Waals surface area contributed by atoms with Gasteiger partial charge >= 0.3 is 17.9 Å². The summed E-state index contributed by atoms with van der Waals surface area (Å²) in [6.07, 6.45) is 56.5. The lowest BCUT2D eigenvalue weighted by molar-refractivity contribution is -0.167. The molecule has 0 aliphatic heterocycles. The van der Waals surface area contributed by atoms with E-state index in [9.17, 15) is 14.4 Å². The summed E-state index contributed by atoms with van der Waals surface area (Å²) in [5.41, 5.74) is 0. The van der Waals surface area contributed by atoms with Crippen molar-refractivity contribution in [2.75, 3.05) is 13.2 Å². The minimum absolute atomic E-state index is 0.0860. The molecule has 0 N–H and O–H groups in total. The topological polar surface area (TPSA) is 78.9 Å². The Bertz CT molecular complexity index is 1070. The lowest BCUT2D eigenvalue weighted by Gasteiger charge is -2.18. The van der Waals surface area contributed by atoms with Crippen LogP contribution in [0.2, 0.25) is 0 Å². The smallest absolute Gasteiger partial charge is 0.306 e. The normalized spacial score (nSPS) is 12.5. The summed E-state index contributed by atoms with van der Waals surface area (Å²) in [5, 5.41) is 0. The molecule has 6 heteroatoms. The molecular weight excluding hydrogens is 721 g/mol. The number of carbonyl (C=O) groups excluding carboxylic acids is 3. The van der Waals surface area contributed by atoms with Crippen molar-refractivity contribution in [1.29, 1.82) is 0 Å². The fraction of sp³-hybridized carbons (Fsp3) is 0.750. The van der Waals surface area contributed by atoms with E-state index in [0.717, 1.165) is 89.9 Å². The minimum atomic E-state index is -0.784. The Morgan fingerprint density at radius 2 is 0.672 bits per heavy atom. The molecule has 0 rings (SSSR count). The third kappa shape index (κ3) is 44.2. The van der Waals surface area contributed by atoms with Gasteiger partial charge in [0.25, 0.3) is 0 Å². The third-order valence-electron chi connectivity index (χ3n) is 10.3. The van der Waals surface area contributed by atoms with Crippen molar-refractivity contribution in [2.24, 2.45) is 0 Å². The zero-order valence-electron chi connectivity index (χ0n) is 38.0. The van der Waals surface area contributed by atoms with Gasteiger partial charge in [0, 0.05) is 19.3 Å². The number of ether oxygens (including phenoxy) is 3. The summed E-state index contributed by atoms with van der Waals surface area (Å²) in [6.45, 7) is 6.36. The lowest BCUT2D eigenvalue weighted by atomic mass is 10.0. The molecule has 0 radical (unpaired) electrons. The van der Waals surface area contributed by atoms with Crippen LogP contribution in [0.5, 0.6) is 0 Å². The standard InChI is InChI=1S/C52H90O6/c1-4-7-10-13-16-19-21-23-24-25-26-27-28-29-31-33-36-39-42-45-51(54)57-48-49(47-56-50(53)44-41-38-35-32-18-15-12-9-6-3)58-52(55)46-43-40-37-34-30-22-20-17-14-11-8-5-2/h7,9-10,12,16,18-19,23-24,32,49H,4-6,8,11,13-15,17,20-22,25-31,33-48H2,1-3H3/b10-7-,12-9-,19-16-,24-23-,32-18-. The molecule has 0 amide bonds. The Kier molecular flexibility index (Phi) is 44.5. The lowest BCUT2D eigenvalue weighted by Crippen LogP contribution is -2.30. The monoisotopic (exact) mass is 811 g/mol.